The predicted molar refractivity (Wildman–Crippen MR) is 135 cm³/mol. The van der Waals surface area contributed by atoms with E-state index in [1.54, 1.807) is 33.7 Å². The lowest BCUT2D eigenvalue weighted by Crippen LogP contribution is -2.36. The van der Waals surface area contributed by atoms with E-state index in [1.165, 1.54) is 0 Å². The molecule has 1 amide bonds. The highest BCUT2D eigenvalue weighted by atomic mass is 16.5. The van der Waals surface area contributed by atoms with Gasteiger partial charge in [0.2, 0.25) is 5.91 Å². The molecular formula is C28H33NO5. The maximum absolute atomic E-state index is 13.0. The number of benzene rings is 2. The number of hydrogen-bond acceptors (Lipinski definition) is 5. The first-order valence-electron chi connectivity index (χ1n) is 11.7. The van der Waals surface area contributed by atoms with Crippen LogP contribution in [0.4, 0.5) is 0 Å². The summed E-state index contributed by atoms with van der Waals surface area (Å²) in [5, 5.41) is 0.951. The Kier molecular flexibility index (Phi) is 6.87. The third kappa shape index (κ3) is 4.37. The van der Waals surface area contributed by atoms with Gasteiger partial charge in [0.1, 0.15) is 11.3 Å². The molecule has 0 aliphatic carbocycles. The van der Waals surface area contributed by atoms with Crippen LogP contribution in [0.2, 0.25) is 0 Å². The van der Waals surface area contributed by atoms with Crippen LogP contribution in [0.25, 0.3) is 27.7 Å². The molecule has 0 radical (unpaired) electrons. The lowest BCUT2D eigenvalue weighted by atomic mass is 9.96. The predicted octanol–water partition coefficient (Wildman–Crippen LogP) is 6.10. The third-order valence-electron chi connectivity index (χ3n) is 6.80. The zero-order chi connectivity index (χ0) is 24.4. The number of nitrogens with zero attached hydrogens (tertiary/aromatic N) is 1. The molecule has 1 fully saturated rings. The Labute approximate surface area is 201 Å². The van der Waals surface area contributed by atoms with E-state index in [2.05, 4.69) is 6.92 Å². The largest absolute Gasteiger partial charge is 0.496 e. The summed E-state index contributed by atoms with van der Waals surface area (Å²) in [7, 11) is 4.89. The van der Waals surface area contributed by atoms with Crippen molar-refractivity contribution >= 4 is 22.4 Å². The second kappa shape index (κ2) is 9.84. The van der Waals surface area contributed by atoms with Gasteiger partial charge in [-0.15, -0.1) is 0 Å². The number of rotatable bonds is 6. The molecule has 1 saturated heterocycles. The van der Waals surface area contributed by atoms with Gasteiger partial charge in [-0.2, -0.15) is 0 Å². The number of carbonyl (C=O) groups excluding carboxylic acids is 1. The molecule has 0 atom stereocenters. The Bertz CT molecular complexity index is 1230. The molecule has 6 heteroatoms. The van der Waals surface area contributed by atoms with Crippen molar-refractivity contribution in [2.45, 2.75) is 33.6 Å². The van der Waals surface area contributed by atoms with Crippen molar-refractivity contribution in [1.29, 1.82) is 0 Å². The third-order valence-corrected chi connectivity index (χ3v) is 6.80. The van der Waals surface area contributed by atoms with Crippen molar-refractivity contribution in [2.75, 3.05) is 34.4 Å². The van der Waals surface area contributed by atoms with Gasteiger partial charge in [0.25, 0.3) is 0 Å². The van der Waals surface area contributed by atoms with Crippen LogP contribution < -0.4 is 14.2 Å². The summed E-state index contributed by atoms with van der Waals surface area (Å²) in [6.45, 7) is 7.80. The number of allylic oxidation sites excluding steroid dienone is 1. The van der Waals surface area contributed by atoms with Gasteiger partial charge in [-0.25, -0.2) is 0 Å². The van der Waals surface area contributed by atoms with Crippen LogP contribution in [0.15, 0.2) is 41.0 Å². The van der Waals surface area contributed by atoms with E-state index in [0.29, 0.717) is 17.4 Å². The number of hydrogen-bond donors (Lipinski definition) is 0. The monoisotopic (exact) mass is 463 g/mol. The first-order valence-corrected chi connectivity index (χ1v) is 11.7. The number of furan rings is 1. The van der Waals surface area contributed by atoms with E-state index in [4.69, 9.17) is 18.6 Å². The van der Waals surface area contributed by atoms with E-state index >= 15 is 0 Å². The quantitative estimate of drug-likeness (QED) is 0.414. The molecule has 0 unspecified atom stereocenters. The zero-order valence-corrected chi connectivity index (χ0v) is 20.9. The van der Waals surface area contributed by atoms with E-state index in [9.17, 15) is 4.79 Å². The first kappa shape index (κ1) is 23.7. The Morgan fingerprint density at radius 3 is 2.41 bits per heavy atom. The maximum atomic E-state index is 13.0. The SMILES string of the molecule is COc1ccc(-c2coc3c(C)c(OC)c(/C(C)=C/C(=O)N4CCC(C)CC4)cc23)cc1OC. The van der Waals surface area contributed by atoms with E-state index in [1.807, 2.05) is 43.0 Å². The highest BCUT2D eigenvalue weighted by Crippen LogP contribution is 2.42. The van der Waals surface area contributed by atoms with Crippen LogP contribution in [0, 0.1) is 12.8 Å². The van der Waals surface area contributed by atoms with Gasteiger partial charge in [0, 0.05) is 41.2 Å². The smallest absolute Gasteiger partial charge is 0.246 e. The fourth-order valence-electron chi connectivity index (χ4n) is 4.68. The van der Waals surface area contributed by atoms with Crippen LogP contribution in [-0.4, -0.2) is 45.2 Å². The fraction of sp³-hybridized carbons (Fsp3) is 0.393. The van der Waals surface area contributed by atoms with Gasteiger partial charge in [0.05, 0.1) is 27.6 Å². The van der Waals surface area contributed by atoms with Crippen LogP contribution in [0.5, 0.6) is 17.2 Å². The minimum atomic E-state index is 0.0523. The van der Waals surface area contributed by atoms with Crippen molar-refractivity contribution in [3.63, 3.8) is 0 Å². The van der Waals surface area contributed by atoms with Gasteiger partial charge in [0.15, 0.2) is 11.5 Å². The first-order chi connectivity index (χ1) is 16.4. The van der Waals surface area contributed by atoms with Crippen molar-refractivity contribution in [2.24, 2.45) is 5.92 Å². The topological polar surface area (TPSA) is 61.1 Å². The standard InChI is InChI=1S/C28H33NO5/c1-17-9-11-29(12-10-17)26(30)13-18(2)21-15-22-23(16-34-28(22)19(3)27(21)33-6)20-7-8-24(31-4)25(14-20)32-5/h7-8,13-17H,9-12H2,1-6H3/b18-13+. The Hall–Kier alpha value is -3.41. The highest BCUT2D eigenvalue weighted by Gasteiger charge is 2.22. The van der Waals surface area contributed by atoms with E-state index in [-0.39, 0.29) is 5.91 Å². The average Bonchev–Trinajstić information content (AvgIpc) is 3.28. The van der Waals surface area contributed by atoms with Crippen molar-refractivity contribution in [1.82, 2.24) is 4.90 Å². The summed E-state index contributed by atoms with van der Waals surface area (Å²) in [5.74, 6) is 2.76. The summed E-state index contributed by atoms with van der Waals surface area (Å²) in [4.78, 5) is 14.9. The lowest BCUT2D eigenvalue weighted by molar-refractivity contribution is -0.127. The Balaban J connectivity index is 1.78. The summed E-state index contributed by atoms with van der Waals surface area (Å²) in [6, 6.07) is 7.85. The Morgan fingerprint density at radius 2 is 1.76 bits per heavy atom. The number of amides is 1. The molecular weight excluding hydrogens is 430 g/mol. The molecule has 2 aromatic carbocycles. The number of piperidine rings is 1. The number of fused-ring (bicyclic) bond motifs is 1. The molecule has 180 valence electrons. The fourth-order valence-corrected chi connectivity index (χ4v) is 4.68. The average molecular weight is 464 g/mol. The maximum Gasteiger partial charge on any atom is 0.246 e. The molecule has 1 aliphatic heterocycles. The molecule has 34 heavy (non-hydrogen) atoms. The van der Waals surface area contributed by atoms with E-state index < -0.39 is 0 Å². The number of methoxy groups -OCH3 is 3. The summed E-state index contributed by atoms with van der Waals surface area (Å²) in [6.07, 6.45) is 5.59. The van der Waals surface area contributed by atoms with Gasteiger partial charge in [-0.3, -0.25) is 4.79 Å². The normalized spacial score (nSPS) is 15.0. The molecule has 6 nitrogen and oxygen atoms in total. The number of ether oxygens (including phenoxy) is 3. The number of likely N-dealkylation sites (tertiary alicyclic amines) is 1. The molecule has 0 spiro atoms. The van der Waals surface area contributed by atoms with Gasteiger partial charge in [-0.05, 0) is 61.9 Å². The molecule has 0 N–H and O–H groups in total. The van der Waals surface area contributed by atoms with Crippen LogP contribution in [0.3, 0.4) is 0 Å². The molecule has 1 aliphatic rings. The molecule has 3 aromatic rings. The van der Waals surface area contributed by atoms with Crippen LogP contribution in [0.1, 0.15) is 37.8 Å². The van der Waals surface area contributed by atoms with Gasteiger partial charge < -0.3 is 23.5 Å². The molecule has 0 bridgehead atoms. The molecule has 1 aromatic heterocycles. The second-order valence-electron chi connectivity index (χ2n) is 9.01. The van der Waals surface area contributed by atoms with Crippen molar-refractivity contribution < 1.29 is 23.4 Å². The summed E-state index contributed by atoms with van der Waals surface area (Å²) < 4.78 is 22.6. The molecule has 2 heterocycles. The minimum absolute atomic E-state index is 0.0523. The highest BCUT2D eigenvalue weighted by molar-refractivity contribution is 6.01. The van der Waals surface area contributed by atoms with Crippen LogP contribution >= 0.6 is 0 Å². The van der Waals surface area contributed by atoms with Gasteiger partial charge >= 0.3 is 0 Å². The minimum Gasteiger partial charge on any atom is -0.496 e. The van der Waals surface area contributed by atoms with Gasteiger partial charge in [-0.1, -0.05) is 13.0 Å². The summed E-state index contributed by atoms with van der Waals surface area (Å²) >= 11 is 0. The van der Waals surface area contributed by atoms with E-state index in [0.717, 1.165) is 70.5 Å². The Morgan fingerprint density at radius 1 is 1.06 bits per heavy atom. The zero-order valence-electron chi connectivity index (χ0n) is 20.9. The van der Waals surface area contributed by atoms with Crippen molar-refractivity contribution in [3.05, 3.63) is 47.7 Å². The summed E-state index contributed by atoms with van der Waals surface area (Å²) in [5.41, 5.74) is 5.29. The molecule has 0 saturated carbocycles. The van der Waals surface area contributed by atoms with Crippen molar-refractivity contribution in [3.8, 4) is 28.4 Å². The molecule has 4 rings (SSSR count). The number of carbonyl (C=O) groups is 1. The second-order valence-corrected chi connectivity index (χ2v) is 9.01. The number of aryl methyl sites for hydroxylation is 1. The lowest BCUT2D eigenvalue weighted by Gasteiger charge is -2.29. The van der Waals surface area contributed by atoms with Crippen LogP contribution in [-0.2, 0) is 4.79 Å².